The van der Waals surface area contributed by atoms with Gasteiger partial charge in [0, 0.05) is 56.6 Å². The van der Waals surface area contributed by atoms with Crippen LogP contribution in [0.5, 0.6) is 0 Å². The molecule has 2 aliphatic heterocycles. The number of para-hydroxylation sites is 1. The fourth-order valence-electron chi connectivity index (χ4n) is 4.49. The predicted molar refractivity (Wildman–Crippen MR) is 117 cm³/mol. The van der Waals surface area contributed by atoms with E-state index in [0.29, 0.717) is 19.4 Å². The van der Waals surface area contributed by atoms with Gasteiger partial charge in [-0.15, -0.1) is 0 Å². The van der Waals surface area contributed by atoms with Crippen molar-refractivity contribution in [3.8, 4) is 0 Å². The number of carbonyl (C=O) groups is 2. The van der Waals surface area contributed by atoms with Crippen molar-refractivity contribution in [3.63, 3.8) is 0 Å². The molecule has 0 saturated carbocycles. The van der Waals surface area contributed by atoms with Gasteiger partial charge in [-0.1, -0.05) is 24.3 Å². The van der Waals surface area contributed by atoms with E-state index >= 15 is 0 Å². The van der Waals surface area contributed by atoms with Gasteiger partial charge in [0.1, 0.15) is 0 Å². The van der Waals surface area contributed by atoms with E-state index in [1.807, 2.05) is 35.4 Å². The summed E-state index contributed by atoms with van der Waals surface area (Å²) in [7, 11) is 0. The number of hydrogen-bond acceptors (Lipinski definition) is 4. The number of rotatable bonds is 3. The first-order valence-corrected chi connectivity index (χ1v) is 11.0. The molecule has 1 N–H and O–H groups in total. The van der Waals surface area contributed by atoms with Gasteiger partial charge in [-0.2, -0.15) is 0 Å². The van der Waals surface area contributed by atoms with Crippen LogP contribution in [-0.4, -0.2) is 47.9 Å². The Bertz CT molecular complexity index is 871. The molecule has 3 heterocycles. The fraction of sp³-hybridized carbons (Fsp3) is 0.458. The topological polar surface area (TPSA) is 65.5 Å². The third-order valence-electron chi connectivity index (χ3n) is 6.13. The van der Waals surface area contributed by atoms with Crippen molar-refractivity contribution in [1.82, 2.24) is 15.2 Å². The van der Waals surface area contributed by atoms with E-state index in [2.05, 4.69) is 27.3 Å². The summed E-state index contributed by atoms with van der Waals surface area (Å²) in [6.45, 7) is 3.70. The van der Waals surface area contributed by atoms with Gasteiger partial charge >= 0.3 is 0 Å². The fourth-order valence-corrected chi connectivity index (χ4v) is 4.49. The maximum absolute atomic E-state index is 13.4. The Morgan fingerprint density at radius 3 is 2.83 bits per heavy atom. The zero-order chi connectivity index (χ0) is 20.8. The Labute approximate surface area is 178 Å². The molecule has 1 unspecified atom stereocenters. The summed E-state index contributed by atoms with van der Waals surface area (Å²) < 4.78 is 0. The van der Waals surface area contributed by atoms with Gasteiger partial charge in [-0.25, -0.2) is 0 Å². The number of pyridine rings is 1. The second kappa shape index (κ2) is 9.85. The highest BCUT2D eigenvalue weighted by atomic mass is 16.2. The maximum Gasteiger partial charge on any atom is 0.230 e. The zero-order valence-electron chi connectivity index (χ0n) is 17.4. The van der Waals surface area contributed by atoms with E-state index in [0.717, 1.165) is 56.7 Å². The molecule has 1 fully saturated rings. The first-order valence-electron chi connectivity index (χ1n) is 11.0. The molecule has 1 aromatic heterocycles. The molecule has 6 nitrogen and oxygen atoms in total. The summed E-state index contributed by atoms with van der Waals surface area (Å²) in [5.41, 5.74) is 3.45. The van der Waals surface area contributed by atoms with Gasteiger partial charge in [0.2, 0.25) is 11.8 Å². The minimum Gasteiger partial charge on any atom is -0.356 e. The van der Waals surface area contributed by atoms with Gasteiger partial charge in [-0.05, 0) is 55.5 Å². The highest BCUT2D eigenvalue weighted by Gasteiger charge is 2.30. The summed E-state index contributed by atoms with van der Waals surface area (Å²) in [5, 5.41) is 3.01. The van der Waals surface area contributed by atoms with Crippen LogP contribution in [0.25, 0.3) is 0 Å². The van der Waals surface area contributed by atoms with Crippen LogP contribution in [0.15, 0.2) is 48.8 Å². The number of nitrogens with zero attached hydrogens (tertiary/aromatic N) is 3. The van der Waals surface area contributed by atoms with E-state index in [4.69, 9.17) is 0 Å². The van der Waals surface area contributed by atoms with Gasteiger partial charge in [-0.3, -0.25) is 19.5 Å². The molecule has 1 saturated heterocycles. The van der Waals surface area contributed by atoms with Gasteiger partial charge < -0.3 is 10.2 Å². The monoisotopic (exact) mass is 406 g/mol. The molecule has 2 amide bonds. The Morgan fingerprint density at radius 2 is 1.97 bits per heavy atom. The minimum atomic E-state index is -0.0604. The van der Waals surface area contributed by atoms with Crippen LogP contribution < -0.4 is 10.2 Å². The standard InChI is InChI=1S/C24H30N4O2/c29-23-11-15-27(18-19-5-3-12-25-17-19)14-4-7-21(9-13-26-23)24(30)28-16-10-20-6-1-2-8-22(20)28/h1-3,5-6,8,12,17,21H,4,7,9-11,13-16,18H2,(H,26,29). The highest BCUT2D eigenvalue weighted by molar-refractivity contribution is 5.97. The Morgan fingerprint density at radius 1 is 1.07 bits per heavy atom. The third-order valence-corrected chi connectivity index (χ3v) is 6.13. The second-order valence-corrected chi connectivity index (χ2v) is 8.23. The average molecular weight is 407 g/mol. The zero-order valence-corrected chi connectivity index (χ0v) is 17.4. The van der Waals surface area contributed by atoms with Crippen LogP contribution in [-0.2, 0) is 22.6 Å². The van der Waals surface area contributed by atoms with Gasteiger partial charge in [0.25, 0.3) is 0 Å². The lowest BCUT2D eigenvalue weighted by Crippen LogP contribution is -2.37. The van der Waals surface area contributed by atoms with Crippen molar-refractivity contribution in [3.05, 3.63) is 59.9 Å². The molecule has 4 rings (SSSR count). The lowest BCUT2D eigenvalue weighted by Gasteiger charge is -2.25. The molecule has 2 aromatic rings. The van der Waals surface area contributed by atoms with E-state index in [9.17, 15) is 9.59 Å². The lowest BCUT2D eigenvalue weighted by molar-refractivity contribution is -0.124. The molecule has 0 bridgehead atoms. The summed E-state index contributed by atoms with van der Waals surface area (Å²) in [6.07, 6.45) is 7.55. The number of anilines is 1. The minimum absolute atomic E-state index is 0.0604. The first-order chi connectivity index (χ1) is 14.7. The molecular formula is C24H30N4O2. The van der Waals surface area contributed by atoms with Crippen molar-refractivity contribution < 1.29 is 9.59 Å². The van der Waals surface area contributed by atoms with E-state index in [1.165, 1.54) is 5.56 Å². The third kappa shape index (κ3) is 5.05. The normalized spacial score (nSPS) is 20.9. The largest absolute Gasteiger partial charge is 0.356 e. The summed E-state index contributed by atoms with van der Waals surface area (Å²) in [4.78, 5) is 34.1. The molecule has 158 valence electrons. The number of benzene rings is 1. The van der Waals surface area contributed by atoms with Crippen molar-refractivity contribution in [1.29, 1.82) is 0 Å². The van der Waals surface area contributed by atoms with Crippen LogP contribution in [0.3, 0.4) is 0 Å². The number of carbonyl (C=O) groups excluding carboxylic acids is 2. The Balaban J connectivity index is 1.42. The van der Waals surface area contributed by atoms with Crippen molar-refractivity contribution in [2.24, 2.45) is 5.92 Å². The van der Waals surface area contributed by atoms with Crippen molar-refractivity contribution in [2.75, 3.05) is 31.1 Å². The molecular weight excluding hydrogens is 376 g/mol. The van der Waals surface area contributed by atoms with E-state index < -0.39 is 0 Å². The van der Waals surface area contributed by atoms with Crippen LogP contribution in [0, 0.1) is 5.92 Å². The average Bonchev–Trinajstić information content (AvgIpc) is 3.19. The Hall–Kier alpha value is -2.73. The maximum atomic E-state index is 13.4. The number of amides is 2. The van der Waals surface area contributed by atoms with Crippen LogP contribution in [0.1, 0.15) is 36.8 Å². The number of fused-ring (bicyclic) bond motifs is 1. The smallest absolute Gasteiger partial charge is 0.230 e. The highest BCUT2D eigenvalue weighted by Crippen LogP contribution is 2.30. The molecule has 1 aromatic carbocycles. The second-order valence-electron chi connectivity index (χ2n) is 8.23. The van der Waals surface area contributed by atoms with E-state index in [-0.39, 0.29) is 17.7 Å². The number of aromatic nitrogens is 1. The summed E-state index contributed by atoms with van der Waals surface area (Å²) in [6, 6.07) is 12.2. The van der Waals surface area contributed by atoms with Crippen molar-refractivity contribution >= 4 is 17.5 Å². The molecule has 1 atom stereocenters. The molecule has 0 spiro atoms. The molecule has 0 aliphatic carbocycles. The number of nitrogens with one attached hydrogen (secondary N) is 1. The molecule has 2 aliphatic rings. The quantitative estimate of drug-likeness (QED) is 0.851. The predicted octanol–water partition coefficient (Wildman–Crippen LogP) is 2.78. The van der Waals surface area contributed by atoms with Gasteiger partial charge in [0.15, 0.2) is 0 Å². The van der Waals surface area contributed by atoms with Crippen LogP contribution in [0.2, 0.25) is 0 Å². The molecule has 30 heavy (non-hydrogen) atoms. The van der Waals surface area contributed by atoms with Crippen LogP contribution >= 0.6 is 0 Å². The van der Waals surface area contributed by atoms with E-state index in [1.54, 1.807) is 6.20 Å². The Kier molecular flexibility index (Phi) is 6.74. The summed E-state index contributed by atoms with van der Waals surface area (Å²) >= 11 is 0. The molecule has 0 radical (unpaired) electrons. The SMILES string of the molecule is O=C1CCN(Cc2cccnc2)CCCC(C(=O)N2CCc3ccccc32)CCN1. The van der Waals surface area contributed by atoms with Crippen molar-refractivity contribution in [2.45, 2.75) is 38.6 Å². The summed E-state index contributed by atoms with van der Waals surface area (Å²) in [5.74, 6) is 0.202. The van der Waals surface area contributed by atoms with Crippen LogP contribution in [0.4, 0.5) is 5.69 Å². The lowest BCUT2D eigenvalue weighted by atomic mass is 9.97. The number of hydrogen-bond donors (Lipinski definition) is 1. The molecule has 6 heteroatoms. The first kappa shape index (κ1) is 20.5. The van der Waals surface area contributed by atoms with Gasteiger partial charge in [0.05, 0.1) is 0 Å².